The van der Waals surface area contributed by atoms with E-state index in [-0.39, 0.29) is 12.7 Å². The van der Waals surface area contributed by atoms with Crippen molar-refractivity contribution < 1.29 is 14.3 Å². The predicted molar refractivity (Wildman–Crippen MR) is 122 cm³/mol. The average Bonchev–Trinajstić information content (AvgIpc) is 3.43. The maximum atomic E-state index is 13.5. The SMILES string of the molecule is CC(Cc1nc2ccccc2s1)(C(=O)NCc1ccc2c(c1)OCO2)c1ccccc1. The van der Waals surface area contributed by atoms with E-state index in [2.05, 4.69) is 11.4 Å². The van der Waals surface area contributed by atoms with Crippen LogP contribution in [0.15, 0.2) is 72.8 Å². The van der Waals surface area contributed by atoms with Crippen LogP contribution in [0.5, 0.6) is 11.5 Å². The van der Waals surface area contributed by atoms with Crippen LogP contribution < -0.4 is 14.8 Å². The molecule has 1 aliphatic rings. The van der Waals surface area contributed by atoms with Gasteiger partial charge in [0.1, 0.15) is 0 Å². The number of carbonyl (C=O) groups is 1. The molecule has 31 heavy (non-hydrogen) atoms. The van der Waals surface area contributed by atoms with Crippen LogP contribution in [0, 0.1) is 0 Å². The molecule has 0 bridgehead atoms. The van der Waals surface area contributed by atoms with Crippen LogP contribution in [0.2, 0.25) is 0 Å². The second-order valence-corrected chi connectivity index (χ2v) is 8.94. The highest BCUT2D eigenvalue weighted by Crippen LogP contribution is 2.34. The van der Waals surface area contributed by atoms with Gasteiger partial charge in [-0.3, -0.25) is 4.79 Å². The zero-order valence-electron chi connectivity index (χ0n) is 17.1. The summed E-state index contributed by atoms with van der Waals surface area (Å²) in [5, 5.41) is 4.07. The Morgan fingerprint density at radius 1 is 1.03 bits per heavy atom. The van der Waals surface area contributed by atoms with Gasteiger partial charge in [-0.2, -0.15) is 0 Å². The Bertz CT molecular complexity index is 1200. The molecule has 0 saturated heterocycles. The molecular formula is C25H22N2O3S. The normalized spacial score (nSPS) is 14.4. The molecule has 2 heterocycles. The van der Waals surface area contributed by atoms with Crippen molar-refractivity contribution in [1.82, 2.24) is 10.3 Å². The molecule has 0 fully saturated rings. The van der Waals surface area contributed by atoms with Crippen molar-refractivity contribution in [3.05, 3.63) is 88.9 Å². The minimum absolute atomic E-state index is 0.0318. The number of nitrogens with zero attached hydrogens (tertiary/aromatic N) is 1. The van der Waals surface area contributed by atoms with E-state index in [0.29, 0.717) is 18.7 Å². The fourth-order valence-corrected chi connectivity index (χ4v) is 4.97. The third-order valence-electron chi connectivity index (χ3n) is 5.65. The summed E-state index contributed by atoms with van der Waals surface area (Å²) in [5.74, 6) is 1.42. The number of rotatable bonds is 6. The predicted octanol–water partition coefficient (Wildman–Crippen LogP) is 4.84. The summed E-state index contributed by atoms with van der Waals surface area (Å²) in [6.07, 6.45) is 0.531. The van der Waals surface area contributed by atoms with Crippen molar-refractivity contribution in [3.63, 3.8) is 0 Å². The molecule has 5 nitrogen and oxygen atoms in total. The number of thiazole rings is 1. The van der Waals surface area contributed by atoms with Gasteiger partial charge in [-0.1, -0.05) is 48.5 Å². The van der Waals surface area contributed by atoms with Crippen molar-refractivity contribution in [2.24, 2.45) is 0 Å². The van der Waals surface area contributed by atoms with Crippen LogP contribution in [0.3, 0.4) is 0 Å². The Labute approximate surface area is 184 Å². The van der Waals surface area contributed by atoms with Crippen molar-refractivity contribution in [1.29, 1.82) is 0 Å². The van der Waals surface area contributed by atoms with E-state index in [1.54, 1.807) is 11.3 Å². The molecule has 0 radical (unpaired) electrons. The lowest BCUT2D eigenvalue weighted by Crippen LogP contribution is -2.43. The third kappa shape index (κ3) is 3.86. The minimum Gasteiger partial charge on any atom is -0.454 e. The van der Waals surface area contributed by atoms with Gasteiger partial charge in [-0.05, 0) is 42.3 Å². The zero-order chi connectivity index (χ0) is 21.3. The first kappa shape index (κ1) is 19.6. The van der Waals surface area contributed by atoms with Crippen molar-refractivity contribution in [3.8, 4) is 11.5 Å². The van der Waals surface area contributed by atoms with Gasteiger partial charge in [0.25, 0.3) is 0 Å². The lowest BCUT2D eigenvalue weighted by Gasteiger charge is -2.28. The van der Waals surface area contributed by atoms with E-state index in [4.69, 9.17) is 14.5 Å². The Balaban J connectivity index is 1.40. The molecule has 6 heteroatoms. The topological polar surface area (TPSA) is 60.5 Å². The standard InChI is InChI=1S/C25H22N2O3S/c1-25(18-7-3-2-4-8-18,14-23-27-19-9-5-6-10-22(19)31-23)24(28)26-15-17-11-12-20-21(13-17)30-16-29-20/h2-13H,14-16H2,1H3,(H,26,28). The molecule has 5 rings (SSSR count). The van der Waals surface area contributed by atoms with Crippen LogP contribution in [-0.2, 0) is 23.2 Å². The van der Waals surface area contributed by atoms with Crippen molar-refractivity contribution in [2.45, 2.75) is 25.3 Å². The summed E-state index contributed by atoms with van der Waals surface area (Å²) in [6.45, 7) is 2.64. The number of para-hydroxylation sites is 1. The van der Waals surface area contributed by atoms with Gasteiger partial charge in [-0.15, -0.1) is 11.3 Å². The van der Waals surface area contributed by atoms with E-state index in [9.17, 15) is 4.79 Å². The molecule has 1 N–H and O–H groups in total. The van der Waals surface area contributed by atoms with Gasteiger partial charge in [0.15, 0.2) is 11.5 Å². The summed E-state index contributed by atoms with van der Waals surface area (Å²) < 4.78 is 11.9. The largest absolute Gasteiger partial charge is 0.454 e. The Kier molecular flexibility index (Phi) is 5.08. The fraction of sp³-hybridized carbons (Fsp3) is 0.200. The summed E-state index contributed by atoms with van der Waals surface area (Å²) >= 11 is 1.64. The van der Waals surface area contributed by atoms with E-state index < -0.39 is 5.41 Å². The number of carbonyl (C=O) groups excluding carboxylic acids is 1. The van der Waals surface area contributed by atoms with Crippen molar-refractivity contribution >= 4 is 27.5 Å². The number of amides is 1. The van der Waals surface area contributed by atoms with Crippen molar-refractivity contribution in [2.75, 3.05) is 6.79 Å². The third-order valence-corrected chi connectivity index (χ3v) is 6.68. The molecule has 156 valence electrons. The summed E-state index contributed by atoms with van der Waals surface area (Å²) in [5.41, 5.74) is 2.16. The number of ether oxygens (including phenoxy) is 2. The quantitative estimate of drug-likeness (QED) is 0.475. The molecule has 0 saturated carbocycles. The Morgan fingerprint density at radius 3 is 2.65 bits per heavy atom. The molecule has 0 aliphatic carbocycles. The van der Waals surface area contributed by atoms with E-state index in [0.717, 1.165) is 32.1 Å². The summed E-state index contributed by atoms with van der Waals surface area (Å²) in [7, 11) is 0. The highest BCUT2D eigenvalue weighted by molar-refractivity contribution is 7.18. The van der Waals surface area contributed by atoms with Gasteiger partial charge < -0.3 is 14.8 Å². The number of benzene rings is 3. The monoisotopic (exact) mass is 430 g/mol. The van der Waals surface area contributed by atoms with E-state index in [1.807, 2.05) is 73.7 Å². The van der Waals surface area contributed by atoms with Gasteiger partial charge in [0, 0.05) is 13.0 Å². The average molecular weight is 431 g/mol. The van der Waals surface area contributed by atoms with Gasteiger partial charge >= 0.3 is 0 Å². The van der Waals surface area contributed by atoms with Crippen LogP contribution in [0.25, 0.3) is 10.2 Å². The molecule has 1 aromatic heterocycles. The maximum absolute atomic E-state index is 13.5. The molecule has 1 unspecified atom stereocenters. The first-order chi connectivity index (χ1) is 15.1. The highest BCUT2D eigenvalue weighted by Gasteiger charge is 2.36. The molecule has 0 spiro atoms. The molecule has 3 aromatic carbocycles. The van der Waals surface area contributed by atoms with Crippen LogP contribution in [0.4, 0.5) is 0 Å². The lowest BCUT2D eigenvalue weighted by molar-refractivity contribution is -0.126. The summed E-state index contributed by atoms with van der Waals surface area (Å²) in [6, 6.07) is 23.7. The minimum atomic E-state index is -0.745. The molecule has 1 aliphatic heterocycles. The second-order valence-electron chi connectivity index (χ2n) is 7.82. The first-order valence-electron chi connectivity index (χ1n) is 10.2. The maximum Gasteiger partial charge on any atom is 0.231 e. The zero-order valence-corrected chi connectivity index (χ0v) is 17.9. The fourth-order valence-electron chi connectivity index (χ4n) is 3.85. The van der Waals surface area contributed by atoms with Crippen LogP contribution >= 0.6 is 11.3 Å². The number of aromatic nitrogens is 1. The van der Waals surface area contributed by atoms with Gasteiger partial charge in [-0.25, -0.2) is 4.98 Å². The van der Waals surface area contributed by atoms with E-state index in [1.165, 1.54) is 0 Å². The van der Waals surface area contributed by atoms with Gasteiger partial charge in [0.05, 0.1) is 20.6 Å². The number of hydrogen-bond donors (Lipinski definition) is 1. The Morgan fingerprint density at radius 2 is 1.81 bits per heavy atom. The smallest absolute Gasteiger partial charge is 0.231 e. The van der Waals surface area contributed by atoms with Gasteiger partial charge in [0.2, 0.25) is 12.7 Å². The molecule has 4 aromatic rings. The highest BCUT2D eigenvalue weighted by atomic mass is 32.1. The molecule has 1 atom stereocenters. The summed E-state index contributed by atoms with van der Waals surface area (Å²) in [4.78, 5) is 18.3. The molecular weight excluding hydrogens is 408 g/mol. The van der Waals surface area contributed by atoms with E-state index >= 15 is 0 Å². The Hall–Kier alpha value is -3.38. The molecule has 1 amide bonds. The van der Waals surface area contributed by atoms with Crippen LogP contribution in [0.1, 0.15) is 23.1 Å². The lowest BCUT2D eigenvalue weighted by atomic mass is 9.78. The first-order valence-corrected chi connectivity index (χ1v) is 11.0. The number of nitrogens with one attached hydrogen (secondary N) is 1. The second kappa shape index (κ2) is 8.04. The van der Waals surface area contributed by atoms with Crippen LogP contribution in [-0.4, -0.2) is 17.7 Å². The number of fused-ring (bicyclic) bond motifs is 2. The number of hydrogen-bond acceptors (Lipinski definition) is 5.